The number of rotatable bonds is 4. The number of nitrogens with zero attached hydrogens (tertiary/aromatic N) is 3. The fourth-order valence-corrected chi connectivity index (χ4v) is 4.00. The monoisotopic (exact) mass is 366 g/mol. The van der Waals surface area contributed by atoms with Crippen LogP contribution in [-0.2, 0) is 0 Å². The number of hydrogen-bond donors (Lipinski definition) is 2. The number of ether oxygens (including phenoxy) is 1. The molecular weight excluding hydrogens is 340 g/mol. The standard InChI is InChI=1S/C21H26N4O2/c1-13-10-15(11-14(2)21(13)27-3)18-12-22-20-9-8-19(24-25(18)20)23-16-4-6-17(26)7-5-16/h8-12,16-17,26H,4-7H2,1-3H3,(H,23,24). The Hall–Kier alpha value is -2.60. The molecule has 0 unspecified atom stereocenters. The molecule has 0 amide bonds. The van der Waals surface area contributed by atoms with Crippen LogP contribution in [0.3, 0.4) is 0 Å². The highest BCUT2D eigenvalue weighted by Gasteiger charge is 2.20. The first-order valence-corrected chi connectivity index (χ1v) is 9.50. The van der Waals surface area contributed by atoms with Crippen LogP contribution in [0.5, 0.6) is 5.75 Å². The molecule has 27 heavy (non-hydrogen) atoms. The van der Waals surface area contributed by atoms with Gasteiger partial charge in [0.05, 0.1) is 25.1 Å². The van der Waals surface area contributed by atoms with E-state index in [4.69, 9.17) is 9.84 Å². The van der Waals surface area contributed by atoms with Gasteiger partial charge in [0.2, 0.25) is 0 Å². The van der Waals surface area contributed by atoms with Crippen LogP contribution in [-0.4, -0.2) is 39.0 Å². The third-order valence-electron chi connectivity index (χ3n) is 5.37. The van der Waals surface area contributed by atoms with E-state index in [2.05, 4.69) is 36.3 Å². The smallest absolute Gasteiger partial charge is 0.154 e. The summed E-state index contributed by atoms with van der Waals surface area (Å²) in [5.41, 5.74) is 5.04. The topological polar surface area (TPSA) is 71.7 Å². The van der Waals surface area contributed by atoms with Crippen LogP contribution >= 0.6 is 0 Å². The maximum Gasteiger partial charge on any atom is 0.154 e. The van der Waals surface area contributed by atoms with E-state index in [0.29, 0.717) is 6.04 Å². The molecule has 2 heterocycles. The predicted molar refractivity (Wildman–Crippen MR) is 106 cm³/mol. The number of fused-ring (bicyclic) bond motifs is 1. The van der Waals surface area contributed by atoms with Crippen molar-refractivity contribution in [3.63, 3.8) is 0 Å². The number of hydrogen-bond acceptors (Lipinski definition) is 5. The predicted octanol–water partition coefficient (Wildman–Crippen LogP) is 3.74. The summed E-state index contributed by atoms with van der Waals surface area (Å²) in [6, 6.07) is 8.54. The lowest BCUT2D eigenvalue weighted by molar-refractivity contribution is 0.126. The molecule has 6 heteroatoms. The maximum atomic E-state index is 9.69. The first-order chi connectivity index (χ1) is 13.0. The van der Waals surface area contributed by atoms with Crippen molar-refractivity contribution in [2.24, 2.45) is 0 Å². The van der Waals surface area contributed by atoms with E-state index in [1.54, 1.807) is 7.11 Å². The van der Waals surface area contributed by atoms with Gasteiger partial charge in [0.1, 0.15) is 11.6 Å². The normalized spacial score (nSPS) is 20.0. The Bertz CT molecular complexity index is 935. The largest absolute Gasteiger partial charge is 0.496 e. The van der Waals surface area contributed by atoms with Gasteiger partial charge in [-0.2, -0.15) is 0 Å². The molecule has 6 nitrogen and oxygen atoms in total. The Morgan fingerprint density at radius 1 is 1.11 bits per heavy atom. The fourth-order valence-electron chi connectivity index (χ4n) is 4.00. The molecule has 3 aromatic rings. The summed E-state index contributed by atoms with van der Waals surface area (Å²) in [6.45, 7) is 4.10. The summed E-state index contributed by atoms with van der Waals surface area (Å²) in [4.78, 5) is 4.50. The molecule has 0 saturated heterocycles. The molecular formula is C21H26N4O2. The molecule has 0 atom stereocenters. The van der Waals surface area contributed by atoms with E-state index in [-0.39, 0.29) is 6.10 Å². The number of imidazole rings is 1. The van der Waals surface area contributed by atoms with Crippen molar-refractivity contribution >= 4 is 11.5 Å². The number of aliphatic hydroxyl groups excluding tert-OH is 1. The minimum atomic E-state index is -0.153. The van der Waals surface area contributed by atoms with Crippen LogP contribution in [0.1, 0.15) is 36.8 Å². The summed E-state index contributed by atoms with van der Waals surface area (Å²) >= 11 is 0. The Morgan fingerprint density at radius 3 is 2.48 bits per heavy atom. The highest BCUT2D eigenvalue weighted by Crippen LogP contribution is 2.30. The minimum absolute atomic E-state index is 0.153. The van der Waals surface area contributed by atoms with Gasteiger partial charge in [-0.05, 0) is 74.9 Å². The summed E-state index contributed by atoms with van der Waals surface area (Å²) < 4.78 is 7.37. The number of benzene rings is 1. The van der Waals surface area contributed by atoms with Crippen molar-refractivity contribution in [1.82, 2.24) is 14.6 Å². The summed E-state index contributed by atoms with van der Waals surface area (Å²) in [7, 11) is 1.70. The molecule has 4 rings (SSSR count). The maximum absolute atomic E-state index is 9.69. The number of aromatic nitrogens is 3. The first-order valence-electron chi connectivity index (χ1n) is 9.50. The van der Waals surface area contributed by atoms with E-state index in [9.17, 15) is 5.11 Å². The van der Waals surface area contributed by atoms with Gasteiger partial charge in [-0.15, -0.1) is 5.10 Å². The summed E-state index contributed by atoms with van der Waals surface area (Å²) in [6.07, 6.45) is 5.34. The quantitative estimate of drug-likeness (QED) is 0.736. The Kier molecular flexibility index (Phi) is 4.74. The summed E-state index contributed by atoms with van der Waals surface area (Å²) in [5, 5.41) is 18.0. The number of anilines is 1. The molecule has 0 spiro atoms. The van der Waals surface area contributed by atoms with Crippen LogP contribution in [0, 0.1) is 13.8 Å². The highest BCUT2D eigenvalue weighted by atomic mass is 16.5. The number of nitrogens with one attached hydrogen (secondary N) is 1. The number of aliphatic hydroxyl groups is 1. The average molecular weight is 366 g/mol. The van der Waals surface area contributed by atoms with Crippen molar-refractivity contribution in [2.75, 3.05) is 12.4 Å². The van der Waals surface area contributed by atoms with Crippen LogP contribution in [0.25, 0.3) is 16.9 Å². The van der Waals surface area contributed by atoms with E-state index >= 15 is 0 Å². The Morgan fingerprint density at radius 2 is 1.81 bits per heavy atom. The SMILES string of the molecule is COc1c(C)cc(-c2cnc3ccc(NC4CCC(O)CC4)nn23)cc1C. The van der Waals surface area contributed by atoms with Gasteiger partial charge in [-0.1, -0.05) is 0 Å². The molecule has 1 aliphatic rings. The van der Waals surface area contributed by atoms with E-state index in [1.165, 1.54) is 0 Å². The second-order valence-electron chi connectivity index (χ2n) is 7.43. The highest BCUT2D eigenvalue weighted by molar-refractivity contribution is 5.67. The van der Waals surface area contributed by atoms with Crippen molar-refractivity contribution in [2.45, 2.75) is 51.7 Å². The molecule has 142 valence electrons. The van der Waals surface area contributed by atoms with Gasteiger partial charge < -0.3 is 15.2 Å². The number of aryl methyl sites for hydroxylation is 2. The van der Waals surface area contributed by atoms with Crippen molar-refractivity contribution < 1.29 is 9.84 Å². The van der Waals surface area contributed by atoms with Gasteiger partial charge in [-0.25, -0.2) is 9.50 Å². The van der Waals surface area contributed by atoms with Gasteiger partial charge in [0, 0.05) is 11.6 Å². The fraction of sp³-hybridized carbons (Fsp3) is 0.429. The number of methoxy groups -OCH3 is 1. The zero-order chi connectivity index (χ0) is 19.0. The van der Waals surface area contributed by atoms with Crippen LogP contribution in [0.4, 0.5) is 5.82 Å². The van der Waals surface area contributed by atoms with E-state index in [0.717, 1.165) is 65.3 Å². The second-order valence-corrected chi connectivity index (χ2v) is 7.43. The van der Waals surface area contributed by atoms with Crippen LogP contribution < -0.4 is 10.1 Å². The molecule has 2 aromatic heterocycles. The molecule has 1 saturated carbocycles. The van der Waals surface area contributed by atoms with Gasteiger partial charge in [-0.3, -0.25) is 0 Å². The lowest BCUT2D eigenvalue weighted by Crippen LogP contribution is -2.28. The van der Waals surface area contributed by atoms with Gasteiger partial charge >= 0.3 is 0 Å². The third-order valence-corrected chi connectivity index (χ3v) is 5.37. The summed E-state index contributed by atoms with van der Waals surface area (Å²) in [5.74, 6) is 1.76. The van der Waals surface area contributed by atoms with Crippen molar-refractivity contribution in [3.8, 4) is 17.0 Å². The van der Waals surface area contributed by atoms with Crippen LogP contribution in [0.2, 0.25) is 0 Å². The minimum Gasteiger partial charge on any atom is -0.496 e. The van der Waals surface area contributed by atoms with Gasteiger partial charge in [0.15, 0.2) is 5.65 Å². The second kappa shape index (κ2) is 7.19. The molecule has 0 bridgehead atoms. The zero-order valence-corrected chi connectivity index (χ0v) is 16.1. The molecule has 0 aliphatic heterocycles. The van der Waals surface area contributed by atoms with Crippen LogP contribution in [0.15, 0.2) is 30.5 Å². The Labute approximate surface area is 159 Å². The lowest BCUT2D eigenvalue weighted by atomic mass is 9.93. The lowest BCUT2D eigenvalue weighted by Gasteiger charge is -2.26. The molecule has 1 aliphatic carbocycles. The molecule has 0 radical (unpaired) electrons. The third kappa shape index (κ3) is 3.49. The average Bonchev–Trinajstić information content (AvgIpc) is 3.06. The van der Waals surface area contributed by atoms with E-state index < -0.39 is 0 Å². The van der Waals surface area contributed by atoms with E-state index in [1.807, 2.05) is 22.8 Å². The Balaban J connectivity index is 1.66. The zero-order valence-electron chi connectivity index (χ0n) is 16.1. The van der Waals surface area contributed by atoms with Crippen molar-refractivity contribution in [3.05, 3.63) is 41.6 Å². The first kappa shape index (κ1) is 17.8. The van der Waals surface area contributed by atoms with Crippen molar-refractivity contribution in [1.29, 1.82) is 0 Å². The molecule has 1 fully saturated rings. The van der Waals surface area contributed by atoms with Gasteiger partial charge in [0.25, 0.3) is 0 Å². The molecule has 2 N–H and O–H groups in total. The molecule has 1 aromatic carbocycles.